The Bertz CT molecular complexity index is 1020. The quantitative estimate of drug-likeness (QED) is 0.573. The lowest BCUT2D eigenvalue weighted by molar-refractivity contribution is -0.128. The second-order valence-electron chi connectivity index (χ2n) is 6.99. The van der Waals surface area contributed by atoms with Gasteiger partial charge >= 0.3 is 0 Å². The van der Waals surface area contributed by atoms with E-state index in [1.807, 2.05) is 0 Å². The summed E-state index contributed by atoms with van der Waals surface area (Å²) in [5, 5.41) is 5.87. The highest BCUT2D eigenvalue weighted by Crippen LogP contribution is 2.17. The Morgan fingerprint density at radius 1 is 0.903 bits per heavy atom. The van der Waals surface area contributed by atoms with Gasteiger partial charge in [-0.2, -0.15) is 0 Å². The summed E-state index contributed by atoms with van der Waals surface area (Å²) >= 11 is 0. The number of hydrogen-bond acceptors (Lipinski definition) is 4. The predicted octanol–water partition coefficient (Wildman–Crippen LogP) is 4.16. The lowest BCUT2D eigenvalue weighted by atomic mass is 10.2. The van der Waals surface area contributed by atoms with Crippen molar-refractivity contribution in [1.82, 2.24) is 4.90 Å². The highest BCUT2D eigenvalue weighted by molar-refractivity contribution is 6.04. The summed E-state index contributed by atoms with van der Waals surface area (Å²) in [6.45, 7) is 0.500. The number of nitrogens with one attached hydrogen (secondary N) is 2. The fourth-order valence-electron chi connectivity index (χ4n) is 2.88. The van der Waals surface area contributed by atoms with Crippen LogP contribution in [0.1, 0.15) is 15.9 Å². The van der Waals surface area contributed by atoms with Gasteiger partial charge in [-0.25, -0.2) is 4.39 Å². The molecule has 2 N–H and O–H groups in total. The Morgan fingerprint density at radius 2 is 1.52 bits per heavy atom. The number of carbonyl (C=O) groups excluding carboxylic acids is 2. The van der Waals surface area contributed by atoms with E-state index in [0.29, 0.717) is 23.5 Å². The van der Waals surface area contributed by atoms with Crippen LogP contribution in [0.3, 0.4) is 0 Å². The van der Waals surface area contributed by atoms with Gasteiger partial charge in [0.2, 0.25) is 5.91 Å². The molecular weight excluding hydrogens is 397 g/mol. The standard InChI is InChI=1S/C24H24FN3O3/c1-28(16-17-3-7-19(25)8-4-17)23(29)15-26-20-9-5-18(6-10-20)24(30)27-21-11-13-22(31-2)14-12-21/h3-14,26H,15-16H2,1-2H3,(H,27,30). The van der Waals surface area contributed by atoms with E-state index in [0.717, 1.165) is 11.3 Å². The van der Waals surface area contributed by atoms with Crippen molar-refractivity contribution < 1.29 is 18.7 Å². The minimum absolute atomic E-state index is 0.106. The Balaban J connectivity index is 1.49. The molecule has 0 aliphatic rings. The van der Waals surface area contributed by atoms with Gasteiger partial charge in [0, 0.05) is 30.5 Å². The maximum Gasteiger partial charge on any atom is 0.255 e. The molecule has 0 bridgehead atoms. The highest BCUT2D eigenvalue weighted by atomic mass is 19.1. The maximum atomic E-state index is 13.0. The van der Waals surface area contributed by atoms with Gasteiger partial charge < -0.3 is 20.3 Å². The van der Waals surface area contributed by atoms with Gasteiger partial charge in [-0.15, -0.1) is 0 Å². The van der Waals surface area contributed by atoms with Gasteiger partial charge in [0.1, 0.15) is 11.6 Å². The fourth-order valence-corrected chi connectivity index (χ4v) is 2.88. The zero-order valence-corrected chi connectivity index (χ0v) is 17.4. The van der Waals surface area contributed by atoms with E-state index in [4.69, 9.17) is 4.74 Å². The van der Waals surface area contributed by atoms with Crippen LogP contribution in [0.2, 0.25) is 0 Å². The van der Waals surface area contributed by atoms with E-state index in [9.17, 15) is 14.0 Å². The molecular formula is C24H24FN3O3. The molecule has 0 radical (unpaired) electrons. The van der Waals surface area contributed by atoms with E-state index in [1.165, 1.54) is 12.1 Å². The molecule has 0 heterocycles. The van der Waals surface area contributed by atoms with E-state index >= 15 is 0 Å². The molecule has 6 nitrogen and oxygen atoms in total. The molecule has 0 aromatic heterocycles. The van der Waals surface area contributed by atoms with Crippen molar-refractivity contribution in [3.63, 3.8) is 0 Å². The molecule has 3 aromatic carbocycles. The van der Waals surface area contributed by atoms with Crippen LogP contribution in [0.5, 0.6) is 5.75 Å². The predicted molar refractivity (Wildman–Crippen MR) is 119 cm³/mol. The van der Waals surface area contributed by atoms with Crippen LogP contribution in [0.15, 0.2) is 72.8 Å². The fraction of sp³-hybridized carbons (Fsp3) is 0.167. The summed E-state index contributed by atoms with van der Waals surface area (Å²) in [6.07, 6.45) is 0. The van der Waals surface area contributed by atoms with Crippen molar-refractivity contribution >= 4 is 23.2 Å². The molecule has 0 saturated carbocycles. The molecule has 2 amide bonds. The van der Waals surface area contributed by atoms with Gasteiger partial charge in [0.25, 0.3) is 5.91 Å². The summed E-state index contributed by atoms with van der Waals surface area (Å²) < 4.78 is 18.1. The summed E-state index contributed by atoms with van der Waals surface area (Å²) in [5.74, 6) is 0.0734. The first-order valence-electron chi connectivity index (χ1n) is 9.72. The largest absolute Gasteiger partial charge is 0.497 e. The van der Waals surface area contributed by atoms with Gasteiger partial charge in [0.15, 0.2) is 0 Å². The number of likely N-dealkylation sites (N-methyl/N-ethyl adjacent to an activating group) is 1. The first-order chi connectivity index (χ1) is 14.9. The molecule has 160 valence electrons. The first-order valence-corrected chi connectivity index (χ1v) is 9.72. The Labute approximate surface area is 180 Å². The molecule has 0 saturated heterocycles. The van der Waals surface area contributed by atoms with Gasteiger partial charge in [-0.1, -0.05) is 12.1 Å². The normalized spacial score (nSPS) is 10.3. The van der Waals surface area contributed by atoms with Crippen LogP contribution in [0.4, 0.5) is 15.8 Å². The lowest BCUT2D eigenvalue weighted by Gasteiger charge is -2.18. The van der Waals surface area contributed by atoms with E-state index < -0.39 is 0 Å². The number of hydrogen-bond donors (Lipinski definition) is 2. The molecule has 0 aliphatic carbocycles. The van der Waals surface area contributed by atoms with Crippen LogP contribution in [-0.2, 0) is 11.3 Å². The minimum Gasteiger partial charge on any atom is -0.497 e. The minimum atomic E-state index is -0.305. The van der Waals surface area contributed by atoms with Crippen LogP contribution >= 0.6 is 0 Å². The summed E-state index contributed by atoms with van der Waals surface area (Å²) in [4.78, 5) is 26.3. The van der Waals surface area contributed by atoms with Crippen molar-refractivity contribution in [3.05, 3.63) is 89.7 Å². The van der Waals surface area contributed by atoms with Crippen molar-refractivity contribution in [2.24, 2.45) is 0 Å². The number of anilines is 2. The zero-order valence-electron chi connectivity index (χ0n) is 17.4. The summed E-state index contributed by atoms with van der Waals surface area (Å²) in [6, 6.07) is 20.0. The van der Waals surface area contributed by atoms with Crippen molar-refractivity contribution in [1.29, 1.82) is 0 Å². The topological polar surface area (TPSA) is 70.7 Å². The lowest BCUT2D eigenvalue weighted by Crippen LogP contribution is -2.31. The zero-order chi connectivity index (χ0) is 22.2. The molecule has 0 atom stereocenters. The van der Waals surface area contributed by atoms with Gasteiger partial charge in [-0.05, 0) is 66.2 Å². The SMILES string of the molecule is COc1ccc(NC(=O)c2ccc(NCC(=O)N(C)Cc3ccc(F)cc3)cc2)cc1. The average Bonchev–Trinajstić information content (AvgIpc) is 2.79. The van der Waals surface area contributed by atoms with E-state index in [1.54, 1.807) is 79.7 Å². The molecule has 31 heavy (non-hydrogen) atoms. The number of methoxy groups -OCH3 is 1. The molecule has 0 aliphatic heterocycles. The van der Waals surface area contributed by atoms with Gasteiger partial charge in [0.05, 0.1) is 13.7 Å². The van der Waals surface area contributed by atoms with Crippen LogP contribution < -0.4 is 15.4 Å². The number of benzene rings is 3. The number of ether oxygens (including phenoxy) is 1. The van der Waals surface area contributed by atoms with Crippen molar-refractivity contribution in [3.8, 4) is 5.75 Å². The number of nitrogens with zero attached hydrogens (tertiary/aromatic N) is 1. The van der Waals surface area contributed by atoms with E-state index in [-0.39, 0.29) is 24.2 Å². The Morgan fingerprint density at radius 3 is 2.13 bits per heavy atom. The highest BCUT2D eigenvalue weighted by Gasteiger charge is 2.10. The smallest absolute Gasteiger partial charge is 0.255 e. The van der Waals surface area contributed by atoms with Crippen LogP contribution in [0, 0.1) is 5.82 Å². The van der Waals surface area contributed by atoms with Crippen molar-refractivity contribution in [2.75, 3.05) is 31.3 Å². The summed E-state index contributed by atoms with van der Waals surface area (Å²) in [7, 11) is 3.28. The second kappa shape index (κ2) is 10.2. The molecule has 3 aromatic rings. The Kier molecular flexibility index (Phi) is 7.22. The number of rotatable bonds is 8. The summed E-state index contributed by atoms with van der Waals surface area (Å²) in [5.41, 5.74) is 2.75. The Hall–Kier alpha value is -3.87. The van der Waals surface area contributed by atoms with Crippen LogP contribution in [-0.4, -0.2) is 37.4 Å². The monoisotopic (exact) mass is 421 g/mol. The number of halogens is 1. The number of carbonyl (C=O) groups is 2. The molecule has 3 rings (SSSR count). The first kappa shape index (κ1) is 21.8. The van der Waals surface area contributed by atoms with Gasteiger partial charge in [-0.3, -0.25) is 9.59 Å². The third-order valence-electron chi connectivity index (χ3n) is 4.70. The van der Waals surface area contributed by atoms with Crippen LogP contribution in [0.25, 0.3) is 0 Å². The number of amides is 2. The second-order valence-corrected chi connectivity index (χ2v) is 6.99. The third-order valence-corrected chi connectivity index (χ3v) is 4.70. The molecule has 0 unspecified atom stereocenters. The van der Waals surface area contributed by atoms with Crippen molar-refractivity contribution in [2.45, 2.75) is 6.54 Å². The molecule has 0 spiro atoms. The third kappa shape index (κ3) is 6.30. The van der Waals surface area contributed by atoms with E-state index in [2.05, 4.69) is 10.6 Å². The molecule has 0 fully saturated rings. The average molecular weight is 421 g/mol. The maximum absolute atomic E-state index is 13.0. The molecule has 7 heteroatoms.